The summed E-state index contributed by atoms with van der Waals surface area (Å²) in [6, 6.07) is 0. The van der Waals surface area contributed by atoms with Gasteiger partial charge in [0.2, 0.25) is 0 Å². The van der Waals surface area contributed by atoms with Crippen LogP contribution in [0.5, 0.6) is 0 Å². The third-order valence-corrected chi connectivity index (χ3v) is 2.91. The molecule has 0 spiro atoms. The predicted molar refractivity (Wildman–Crippen MR) is 60.6 cm³/mol. The summed E-state index contributed by atoms with van der Waals surface area (Å²) in [6.45, 7) is 7.19. The van der Waals surface area contributed by atoms with Crippen molar-refractivity contribution < 1.29 is 5.11 Å². The maximum Gasteiger partial charge on any atom is 0.103 e. The van der Waals surface area contributed by atoms with Gasteiger partial charge >= 0.3 is 0 Å². The number of aromatic amines is 1. The van der Waals surface area contributed by atoms with Crippen molar-refractivity contribution in [3.8, 4) is 0 Å². The molecule has 0 radical (unpaired) electrons. The molecule has 1 atom stereocenters. The Morgan fingerprint density at radius 1 is 1.60 bits per heavy atom. The summed E-state index contributed by atoms with van der Waals surface area (Å²) >= 11 is 0. The van der Waals surface area contributed by atoms with Gasteiger partial charge in [0, 0.05) is 30.6 Å². The number of aliphatic hydroxyl groups excluding tert-OH is 1. The molecule has 4 nitrogen and oxygen atoms in total. The molecule has 0 saturated carbocycles. The molecule has 1 rings (SSSR count). The molecule has 1 unspecified atom stereocenters. The molecular formula is C11H21N3O. The van der Waals surface area contributed by atoms with Crippen LogP contribution in [0.15, 0.2) is 6.20 Å². The van der Waals surface area contributed by atoms with E-state index in [4.69, 9.17) is 5.11 Å². The van der Waals surface area contributed by atoms with E-state index in [1.165, 1.54) is 0 Å². The third-order valence-electron chi connectivity index (χ3n) is 2.91. The number of hydrogen-bond acceptors (Lipinski definition) is 3. The van der Waals surface area contributed by atoms with Crippen molar-refractivity contribution in [2.24, 2.45) is 0 Å². The number of hydrogen-bond donors (Lipinski definition) is 3. The van der Waals surface area contributed by atoms with E-state index in [2.05, 4.69) is 29.1 Å². The maximum atomic E-state index is 8.97. The van der Waals surface area contributed by atoms with Gasteiger partial charge in [0.1, 0.15) is 5.82 Å². The second-order valence-electron chi connectivity index (χ2n) is 4.24. The number of aryl methyl sites for hydroxylation is 1. The van der Waals surface area contributed by atoms with Crippen molar-refractivity contribution in [3.05, 3.63) is 17.7 Å². The Bertz CT molecular complexity index is 298. The van der Waals surface area contributed by atoms with Gasteiger partial charge in [0.05, 0.1) is 0 Å². The van der Waals surface area contributed by atoms with E-state index in [9.17, 15) is 0 Å². The smallest absolute Gasteiger partial charge is 0.103 e. The van der Waals surface area contributed by atoms with E-state index in [-0.39, 0.29) is 12.1 Å². The van der Waals surface area contributed by atoms with Crippen molar-refractivity contribution in [1.82, 2.24) is 15.3 Å². The lowest BCUT2D eigenvalue weighted by Crippen LogP contribution is -2.42. The summed E-state index contributed by atoms with van der Waals surface area (Å²) in [4.78, 5) is 7.32. The zero-order chi connectivity index (χ0) is 11.3. The van der Waals surface area contributed by atoms with Gasteiger partial charge in [0.25, 0.3) is 0 Å². The van der Waals surface area contributed by atoms with Crippen molar-refractivity contribution in [2.45, 2.75) is 45.7 Å². The molecule has 0 aliphatic rings. The number of nitrogens with zero attached hydrogens (tertiary/aromatic N) is 1. The van der Waals surface area contributed by atoms with Crippen molar-refractivity contribution in [3.63, 3.8) is 0 Å². The molecule has 0 bridgehead atoms. The average Bonchev–Trinajstić information content (AvgIpc) is 2.62. The van der Waals surface area contributed by atoms with Crippen LogP contribution >= 0.6 is 0 Å². The van der Waals surface area contributed by atoms with Crippen LogP contribution in [0.25, 0.3) is 0 Å². The molecule has 1 heterocycles. The number of H-pyrrole nitrogens is 1. The Hall–Kier alpha value is -0.870. The monoisotopic (exact) mass is 211 g/mol. The van der Waals surface area contributed by atoms with E-state index in [0.717, 1.165) is 30.9 Å². The van der Waals surface area contributed by atoms with E-state index in [0.29, 0.717) is 0 Å². The zero-order valence-electron chi connectivity index (χ0n) is 9.80. The lowest BCUT2D eigenvalue weighted by molar-refractivity contribution is 0.214. The second-order valence-corrected chi connectivity index (χ2v) is 4.24. The minimum absolute atomic E-state index is 0.00770. The number of aromatic nitrogens is 2. The van der Waals surface area contributed by atoms with Gasteiger partial charge in [-0.1, -0.05) is 6.92 Å². The van der Waals surface area contributed by atoms with Crippen LogP contribution in [0.1, 0.15) is 38.2 Å². The van der Waals surface area contributed by atoms with Crippen molar-refractivity contribution in [1.29, 1.82) is 0 Å². The maximum absolute atomic E-state index is 8.97. The Morgan fingerprint density at radius 3 is 2.80 bits per heavy atom. The van der Waals surface area contributed by atoms with E-state index < -0.39 is 0 Å². The largest absolute Gasteiger partial charge is 0.396 e. The summed E-state index contributed by atoms with van der Waals surface area (Å²) in [5.41, 5.74) is 1.10. The first-order chi connectivity index (χ1) is 7.09. The van der Waals surface area contributed by atoms with Crippen LogP contribution < -0.4 is 5.32 Å². The molecule has 0 aliphatic carbocycles. The SMILES string of the molecule is CCC(C)(CCO)NCc1cnc(C)[nH]1. The highest BCUT2D eigenvalue weighted by molar-refractivity contribution is 5.00. The highest BCUT2D eigenvalue weighted by Crippen LogP contribution is 2.14. The first kappa shape index (κ1) is 12.2. The summed E-state index contributed by atoms with van der Waals surface area (Å²) < 4.78 is 0. The summed E-state index contributed by atoms with van der Waals surface area (Å²) in [6.07, 6.45) is 3.62. The standard InChI is InChI=1S/C11H21N3O/c1-4-11(3,5-6-15)13-8-10-7-12-9(2)14-10/h7,13,15H,4-6,8H2,1-3H3,(H,12,14). The third kappa shape index (κ3) is 3.64. The first-order valence-electron chi connectivity index (χ1n) is 5.46. The molecule has 0 aromatic carbocycles. The number of aliphatic hydroxyl groups is 1. The second kappa shape index (κ2) is 5.28. The average molecular weight is 211 g/mol. The molecule has 4 heteroatoms. The Morgan fingerprint density at radius 2 is 2.33 bits per heavy atom. The first-order valence-corrected chi connectivity index (χ1v) is 5.46. The van der Waals surface area contributed by atoms with Crippen LogP contribution in [0, 0.1) is 6.92 Å². The summed E-state index contributed by atoms with van der Waals surface area (Å²) in [5, 5.41) is 12.4. The van der Waals surface area contributed by atoms with Crippen molar-refractivity contribution in [2.75, 3.05) is 6.61 Å². The molecule has 0 aliphatic heterocycles. The molecule has 0 saturated heterocycles. The van der Waals surface area contributed by atoms with Gasteiger partial charge in [-0.25, -0.2) is 4.98 Å². The molecule has 0 fully saturated rings. The fourth-order valence-electron chi connectivity index (χ4n) is 1.51. The molecule has 1 aromatic rings. The lowest BCUT2D eigenvalue weighted by Gasteiger charge is -2.28. The molecule has 86 valence electrons. The van der Waals surface area contributed by atoms with E-state index in [1.54, 1.807) is 0 Å². The molecular weight excluding hydrogens is 190 g/mol. The fourth-order valence-corrected chi connectivity index (χ4v) is 1.51. The van der Waals surface area contributed by atoms with Gasteiger partial charge in [0.15, 0.2) is 0 Å². The van der Waals surface area contributed by atoms with Crippen LogP contribution in [-0.4, -0.2) is 27.2 Å². The van der Waals surface area contributed by atoms with E-state index in [1.807, 2.05) is 13.1 Å². The predicted octanol–water partition coefficient (Wildman–Crippen LogP) is 1.36. The number of imidazole rings is 1. The summed E-state index contributed by atoms with van der Waals surface area (Å²) in [7, 11) is 0. The normalized spacial score (nSPS) is 15.2. The highest BCUT2D eigenvalue weighted by atomic mass is 16.3. The van der Waals surface area contributed by atoms with Crippen LogP contribution in [0.2, 0.25) is 0 Å². The van der Waals surface area contributed by atoms with E-state index >= 15 is 0 Å². The Balaban J connectivity index is 2.47. The van der Waals surface area contributed by atoms with Crippen molar-refractivity contribution >= 4 is 0 Å². The highest BCUT2D eigenvalue weighted by Gasteiger charge is 2.20. The molecule has 1 aromatic heterocycles. The van der Waals surface area contributed by atoms with Crippen LogP contribution in [0.4, 0.5) is 0 Å². The van der Waals surface area contributed by atoms with Gasteiger partial charge < -0.3 is 15.4 Å². The summed E-state index contributed by atoms with van der Waals surface area (Å²) in [5.74, 6) is 0.937. The van der Waals surface area contributed by atoms with Gasteiger partial charge in [-0.2, -0.15) is 0 Å². The fraction of sp³-hybridized carbons (Fsp3) is 0.727. The molecule has 3 N–H and O–H groups in total. The molecule has 0 amide bonds. The molecule has 15 heavy (non-hydrogen) atoms. The number of rotatable bonds is 6. The lowest BCUT2D eigenvalue weighted by atomic mass is 9.95. The van der Waals surface area contributed by atoms with Crippen LogP contribution in [-0.2, 0) is 6.54 Å². The Kier molecular flexibility index (Phi) is 4.29. The zero-order valence-corrected chi connectivity index (χ0v) is 9.80. The Labute approximate surface area is 91.1 Å². The minimum atomic E-state index is 0.00770. The number of nitrogens with one attached hydrogen (secondary N) is 2. The quantitative estimate of drug-likeness (QED) is 0.666. The van der Waals surface area contributed by atoms with Crippen LogP contribution in [0.3, 0.4) is 0 Å². The van der Waals surface area contributed by atoms with Gasteiger partial charge in [-0.05, 0) is 26.7 Å². The topological polar surface area (TPSA) is 60.9 Å². The van der Waals surface area contributed by atoms with Gasteiger partial charge in [-0.15, -0.1) is 0 Å². The van der Waals surface area contributed by atoms with Gasteiger partial charge in [-0.3, -0.25) is 0 Å². The minimum Gasteiger partial charge on any atom is -0.396 e.